The van der Waals surface area contributed by atoms with E-state index in [1.165, 1.54) is 6.20 Å². The highest BCUT2D eigenvalue weighted by atomic mass is 79.9. The molecule has 0 bridgehead atoms. The Morgan fingerprint density at radius 2 is 2.35 bits per heavy atom. The summed E-state index contributed by atoms with van der Waals surface area (Å²) in [5, 5.41) is 2.75. The molecule has 0 fully saturated rings. The van der Waals surface area contributed by atoms with Crippen molar-refractivity contribution in [2.45, 2.75) is 6.92 Å². The summed E-state index contributed by atoms with van der Waals surface area (Å²) in [6.45, 7) is 7.08. The number of halogens is 1. The van der Waals surface area contributed by atoms with Crippen LogP contribution in [0.5, 0.6) is 0 Å². The number of carbonyl (C=O) groups is 1. The molecule has 0 spiro atoms. The standard InChI is InChI=1S/C12H15BrN2O2/c1-9(2)8-17-4-3-15-12(16)10-5-11(13)7-14-6-10/h5-7H,1,3-4,8H2,2H3,(H,15,16). The van der Waals surface area contributed by atoms with Crippen LogP contribution in [0.25, 0.3) is 0 Å². The Bertz CT molecular complexity index is 407. The normalized spacial score (nSPS) is 10.0. The van der Waals surface area contributed by atoms with Gasteiger partial charge in [-0.3, -0.25) is 9.78 Å². The fourth-order valence-electron chi connectivity index (χ4n) is 1.12. The summed E-state index contributed by atoms with van der Waals surface area (Å²) in [5.41, 5.74) is 1.49. The van der Waals surface area contributed by atoms with Crippen molar-refractivity contribution in [2.24, 2.45) is 0 Å². The van der Waals surface area contributed by atoms with Crippen molar-refractivity contribution < 1.29 is 9.53 Å². The van der Waals surface area contributed by atoms with Crippen LogP contribution in [0.15, 0.2) is 35.1 Å². The predicted octanol–water partition coefficient (Wildman–Crippen LogP) is 2.17. The summed E-state index contributed by atoms with van der Waals surface area (Å²) in [7, 11) is 0. The van der Waals surface area contributed by atoms with Crippen LogP contribution in [-0.2, 0) is 4.74 Å². The second-order valence-corrected chi connectivity index (χ2v) is 4.57. The Morgan fingerprint density at radius 3 is 3.00 bits per heavy atom. The Hall–Kier alpha value is -1.20. The van der Waals surface area contributed by atoms with Crippen LogP contribution < -0.4 is 5.32 Å². The van der Waals surface area contributed by atoms with Crippen LogP contribution in [-0.4, -0.2) is 30.6 Å². The number of ether oxygens (including phenoxy) is 1. The topological polar surface area (TPSA) is 51.2 Å². The molecule has 0 aliphatic rings. The molecule has 0 aliphatic carbocycles. The minimum absolute atomic E-state index is 0.155. The number of nitrogens with zero attached hydrogens (tertiary/aromatic N) is 1. The predicted molar refractivity (Wildman–Crippen MR) is 69.9 cm³/mol. The molecule has 1 N–H and O–H groups in total. The van der Waals surface area contributed by atoms with Crippen LogP contribution >= 0.6 is 15.9 Å². The van der Waals surface area contributed by atoms with E-state index in [4.69, 9.17) is 4.74 Å². The van der Waals surface area contributed by atoms with E-state index in [1.807, 2.05) is 6.92 Å². The zero-order valence-corrected chi connectivity index (χ0v) is 11.3. The van der Waals surface area contributed by atoms with Crippen LogP contribution in [0.2, 0.25) is 0 Å². The van der Waals surface area contributed by atoms with Gasteiger partial charge < -0.3 is 10.1 Å². The van der Waals surface area contributed by atoms with E-state index in [9.17, 15) is 4.79 Å². The van der Waals surface area contributed by atoms with Crippen molar-refractivity contribution in [3.63, 3.8) is 0 Å². The maximum Gasteiger partial charge on any atom is 0.252 e. The Balaban J connectivity index is 2.28. The first-order valence-electron chi connectivity index (χ1n) is 5.20. The van der Waals surface area contributed by atoms with Crippen molar-refractivity contribution in [3.05, 3.63) is 40.6 Å². The molecule has 17 heavy (non-hydrogen) atoms. The SMILES string of the molecule is C=C(C)COCCNC(=O)c1cncc(Br)c1. The Morgan fingerprint density at radius 1 is 1.59 bits per heavy atom. The molecule has 0 saturated carbocycles. The second-order valence-electron chi connectivity index (χ2n) is 3.66. The van der Waals surface area contributed by atoms with Crippen LogP contribution in [0.1, 0.15) is 17.3 Å². The number of hydrogen-bond donors (Lipinski definition) is 1. The molecule has 0 saturated heterocycles. The monoisotopic (exact) mass is 298 g/mol. The molecule has 5 heteroatoms. The zero-order valence-electron chi connectivity index (χ0n) is 9.70. The van der Waals surface area contributed by atoms with Gasteiger partial charge in [0.05, 0.1) is 18.8 Å². The number of carbonyl (C=O) groups excluding carboxylic acids is 1. The van der Waals surface area contributed by atoms with Gasteiger partial charge in [0.25, 0.3) is 5.91 Å². The maximum atomic E-state index is 11.6. The molecule has 1 heterocycles. The van der Waals surface area contributed by atoms with Gasteiger partial charge in [-0.25, -0.2) is 0 Å². The van der Waals surface area contributed by atoms with Gasteiger partial charge in [-0.05, 0) is 28.9 Å². The van der Waals surface area contributed by atoms with Gasteiger partial charge in [0.15, 0.2) is 0 Å². The average molecular weight is 299 g/mol. The lowest BCUT2D eigenvalue weighted by Gasteiger charge is -2.06. The summed E-state index contributed by atoms with van der Waals surface area (Å²) in [4.78, 5) is 15.6. The van der Waals surface area contributed by atoms with E-state index in [0.717, 1.165) is 10.0 Å². The molecule has 1 aromatic rings. The largest absolute Gasteiger partial charge is 0.375 e. The highest BCUT2D eigenvalue weighted by Gasteiger charge is 2.05. The molecule has 4 nitrogen and oxygen atoms in total. The van der Waals surface area contributed by atoms with Crippen molar-refractivity contribution >= 4 is 21.8 Å². The Labute approximate surface area is 109 Å². The smallest absolute Gasteiger partial charge is 0.252 e. The minimum atomic E-state index is -0.155. The van der Waals surface area contributed by atoms with Gasteiger partial charge in [0, 0.05) is 23.4 Å². The van der Waals surface area contributed by atoms with Gasteiger partial charge >= 0.3 is 0 Å². The van der Waals surface area contributed by atoms with Crippen LogP contribution in [0, 0.1) is 0 Å². The van der Waals surface area contributed by atoms with Gasteiger partial charge in [-0.1, -0.05) is 12.2 Å². The number of rotatable bonds is 6. The zero-order chi connectivity index (χ0) is 12.7. The number of aromatic nitrogens is 1. The van der Waals surface area contributed by atoms with E-state index in [-0.39, 0.29) is 5.91 Å². The van der Waals surface area contributed by atoms with Crippen molar-refractivity contribution in [2.75, 3.05) is 19.8 Å². The quantitative estimate of drug-likeness (QED) is 0.647. The lowest BCUT2D eigenvalue weighted by Crippen LogP contribution is -2.27. The van der Waals surface area contributed by atoms with Gasteiger partial charge in [0.1, 0.15) is 0 Å². The number of pyridine rings is 1. The van der Waals surface area contributed by atoms with Crippen molar-refractivity contribution in [1.29, 1.82) is 0 Å². The van der Waals surface area contributed by atoms with E-state index in [2.05, 4.69) is 32.8 Å². The number of nitrogens with one attached hydrogen (secondary N) is 1. The molecular weight excluding hydrogens is 284 g/mol. The maximum absolute atomic E-state index is 11.6. The molecule has 0 radical (unpaired) electrons. The molecule has 1 amide bonds. The van der Waals surface area contributed by atoms with Crippen LogP contribution in [0.3, 0.4) is 0 Å². The molecule has 1 rings (SSSR count). The third kappa shape index (κ3) is 5.60. The fourth-order valence-corrected chi connectivity index (χ4v) is 1.49. The third-order valence-electron chi connectivity index (χ3n) is 1.85. The van der Waals surface area contributed by atoms with Gasteiger partial charge in [0.2, 0.25) is 0 Å². The highest BCUT2D eigenvalue weighted by Crippen LogP contribution is 2.09. The molecule has 0 unspecified atom stereocenters. The Kier molecular flexibility index (Phi) is 5.86. The summed E-state index contributed by atoms with van der Waals surface area (Å²) in [5.74, 6) is -0.155. The lowest BCUT2D eigenvalue weighted by atomic mass is 10.3. The lowest BCUT2D eigenvalue weighted by molar-refractivity contribution is 0.0926. The molecule has 0 aliphatic heterocycles. The van der Waals surface area contributed by atoms with Gasteiger partial charge in [-0.2, -0.15) is 0 Å². The summed E-state index contributed by atoms with van der Waals surface area (Å²) in [6.07, 6.45) is 3.15. The summed E-state index contributed by atoms with van der Waals surface area (Å²) >= 11 is 3.26. The van der Waals surface area contributed by atoms with E-state index >= 15 is 0 Å². The minimum Gasteiger partial charge on any atom is -0.375 e. The average Bonchev–Trinajstić information content (AvgIpc) is 2.28. The first-order valence-corrected chi connectivity index (χ1v) is 6.00. The third-order valence-corrected chi connectivity index (χ3v) is 2.28. The van der Waals surface area contributed by atoms with Crippen molar-refractivity contribution in [3.8, 4) is 0 Å². The van der Waals surface area contributed by atoms with E-state index < -0.39 is 0 Å². The second kappa shape index (κ2) is 7.19. The van der Waals surface area contributed by atoms with Crippen molar-refractivity contribution in [1.82, 2.24) is 10.3 Å². The molecular formula is C12H15BrN2O2. The van der Waals surface area contributed by atoms with Crippen LogP contribution in [0.4, 0.5) is 0 Å². The first-order chi connectivity index (χ1) is 8.09. The first kappa shape index (κ1) is 13.9. The van der Waals surface area contributed by atoms with E-state index in [0.29, 0.717) is 25.3 Å². The molecule has 0 aromatic carbocycles. The fraction of sp³-hybridized carbons (Fsp3) is 0.333. The molecule has 1 aromatic heterocycles. The molecule has 0 atom stereocenters. The highest BCUT2D eigenvalue weighted by molar-refractivity contribution is 9.10. The summed E-state index contributed by atoms with van der Waals surface area (Å²) < 4.78 is 6.05. The van der Waals surface area contributed by atoms with Gasteiger partial charge in [-0.15, -0.1) is 0 Å². The van der Waals surface area contributed by atoms with E-state index in [1.54, 1.807) is 12.3 Å². The molecule has 92 valence electrons. The summed E-state index contributed by atoms with van der Waals surface area (Å²) in [6, 6.07) is 1.72. The number of amides is 1. The number of hydrogen-bond acceptors (Lipinski definition) is 3.